The SMILES string of the molecule is CCC(C)(C)O[Si](OCCCCCCNC(=O)OC(Cc1ccccc1)(OC)c1ccccc1)(c1ccccc1)c1ccccc1. The number of hydrogen-bond donors (Lipinski definition) is 1. The molecule has 46 heavy (non-hydrogen) atoms. The van der Waals surface area contributed by atoms with Crippen LogP contribution in [0.1, 0.15) is 64.0 Å². The third kappa shape index (κ3) is 9.63. The molecule has 4 aromatic rings. The molecule has 4 rings (SSSR count). The number of amides is 1. The number of benzene rings is 4. The van der Waals surface area contributed by atoms with Crippen molar-refractivity contribution in [2.45, 2.75) is 70.7 Å². The van der Waals surface area contributed by atoms with Crippen molar-refractivity contribution < 1.29 is 23.1 Å². The van der Waals surface area contributed by atoms with E-state index in [4.69, 9.17) is 18.3 Å². The number of alkyl carbamates (subject to hydrolysis) is 1. The fraction of sp³-hybridized carbons (Fsp3) is 0.359. The second-order valence-corrected chi connectivity index (χ2v) is 15.0. The van der Waals surface area contributed by atoms with Gasteiger partial charge in [0.2, 0.25) is 5.79 Å². The first-order valence-corrected chi connectivity index (χ1v) is 18.2. The molecule has 7 heteroatoms. The molecule has 0 spiro atoms. The van der Waals surface area contributed by atoms with Gasteiger partial charge in [-0.05, 0) is 49.0 Å². The van der Waals surface area contributed by atoms with Crippen LogP contribution in [0, 0.1) is 0 Å². The van der Waals surface area contributed by atoms with E-state index >= 15 is 0 Å². The molecule has 0 aliphatic carbocycles. The molecule has 0 aliphatic rings. The van der Waals surface area contributed by atoms with E-state index in [9.17, 15) is 4.79 Å². The van der Waals surface area contributed by atoms with Gasteiger partial charge in [0.25, 0.3) is 0 Å². The Hall–Kier alpha value is -3.75. The minimum atomic E-state index is -2.96. The fourth-order valence-electron chi connectivity index (χ4n) is 5.42. The van der Waals surface area contributed by atoms with Crippen LogP contribution in [0.25, 0.3) is 0 Å². The van der Waals surface area contributed by atoms with Gasteiger partial charge < -0.3 is 23.6 Å². The number of nitrogens with one attached hydrogen (secondary N) is 1. The van der Waals surface area contributed by atoms with Crippen molar-refractivity contribution in [3.05, 3.63) is 132 Å². The molecular weight excluding hydrogens is 591 g/mol. The van der Waals surface area contributed by atoms with E-state index in [1.54, 1.807) is 7.11 Å². The van der Waals surface area contributed by atoms with Crippen LogP contribution in [0.5, 0.6) is 0 Å². The normalized spacial score (nSPS) is 13.1. The smallest absolute Gasteiger partial charge is 0.409 e. The van der Waals surface area contributed by atoms with Gasteiger partial charge in [-0.15, -0.1) is 0 Å². The maximum Gasteiger partial charge on any atom is 0.409 e. The van der Waals surface area contributed by atoms with E-state index in [1.165, 1.54) is 0 Å². The van der Waals surface area contributed by atoms with Gasteiger partial charge in [0.1, 0.15) is 0 Å². The molecule has 0 heterocycles. The number of hydrogen-bond acceptors (Lipinski definition) is 5. The third-order valence-corrected chi connectivity index (χ3v) is 11.9. The van der Waals surface area contributed by atoms with Crippen molar-refractivity contribution >= 4 is 25.0 Å². The first-order valence-electron chi connectivity index (χ1n) is 16.4. The molecule has 1 amide bonds. The van der Waals surface area contributed by atoms with E-state index in [2.05, 4.69) is 74.6 Å². The topological polar surface area (TPSA) is 66.0 Å². The van der Waals surface area contributed by atoms with E-state index in [-0.39, 0.29) is 5.60 Å². The van der Waals surface area contributed by atoms with Crippen LogP contribution in [0.15, 0.2) is 121 Å². The summed E-state index contributed by atoms with van der Waals surface area (Å²) in [5.41, 5.74) is 1.46. The highest BCUT2D eigenvalue weighted by atomic mass is 28.4. The van der Waals surface area contributed by atoms with E-state index in [0.717, 1.165) is 53.6 Å². The van der Waals surface area contributed by atoms with Crippen molar-refractivity contribution in [1.82, 2.24) is 5.32 Å². The number of unbranched alkanes of at least 4 members (excludes halogenated alkanes) is 3. The Morgan fingerprint density at radius 3 is 1.78 bits per heavy atom. The van der Waals surface area contributed by atoms with Crippen molar-refractivity contribution in [2.24, 2.45) is 0 Å². The standard InChI is InChI=1S/C39H49NO5Si/c1-5-38(2,3)45-46(35-26-16-10-17-27-35,36-28-18-11-19-29-36)43-31-21-7-6-20-30-40-37(41)44-39(42-4,34-24-14-9-15-25-34)32-33-22-12-8-13-23-33/h8-19,22-29H,5-7,20-21,30-32H2,1-4H3,(H,40,41). The summed E-state index contributed by atoms with van der Waals surface area (Å²) in [6.07, 6.45) is 4.43. The molecule has 244 valence electrons. The summed E-state index contributed by atoms with van der Waals surface area (Å²) in [5.74, 6) is -1.23. The highest BCUT2D eigenvalue weighted by Crippen LogP contribution is 2.31. The molecule has 0 aromatic heterocycles. The second-order valence-electron chi connectivity index (χ2n) is 12.1. The van der Waals surface area contributed by atoms with E-state index in [1.807, 2.05) is 72.8 Å². The Morgan fingerprint density at radius 2 is 1.24 bits per heavy atom. The second kappa shape index (κ2) is 17.2. The van der Waals surface area contributed by atoms with Gasteiger partial charge in [0.15, 0.2) is 0 Å². The molecule has 1 N–H and O–H groups in total. The molecule has 0 fully saturated rings. The monoisotopic (exact) mass is 639 g/mol. The van der Waals surface area contributed by atoms with Crippen molar-refractivity contribution in [3.63, 3.8) is 0 Å². The van der Waals surface area contributed by atoms with Crippen molar-refractivity contribution in [1.29, 1.82) is 0 Å². The average Bonchev–Trinajstić information content (AvgIpc) is 3.10. The van der Waals surface area contributed by atoms with Gasteiger partial charge in [0.05, 0.1) is 5.60 Å². The highest BCUT2D eigenvalue weighted by Gasteiger charge is 2.46. The lowest BCUT2D eigenvalue weighted by atomic mass is 9.97. The third-order valence-electron chi connectivity index (χ3n) is 8.31. The molecule has 0 aliphatic heterocycles. The molecule has 0 saturated carbocycles. The summed E-state index contributed by atoms with van der Waals surface area (Å²) < 4.78 is 25.7. The lowest BCUT2D eigenvalue weighted by molar-refractivity contribution is -0.192. The van der Waals surface area contributed by atoms with Gasteiger partial charge in [-0.2, -0.15) is 0 Å². The predicted molar refractivity (Wildman–Crippen MR) is 188 cm³/mol. The van der Waals surface area contributed by atoms with Gasteiger partial charge in [-0.3, -0.25) is 0 Å². The van der Waals surface area contributed by atoms with Crippen LogP contribution in [0.4, 0.5) is 4.79 Å². The zero-order valence-electron chi connectivity index (χ0n) is 27.7. The highest BCUT2D eigenvalue weighted by molar-refractivity contribution is 6.92. The van der Waals surface area contributed by atoms with E-state index < -0.39 is 20.4 Å². The Bertz CT molecular complexity index is 1400. The number of carbonyl (C=O) groups is 1. The fourth-order valence-corrected chi connectivity index (χ4v) is 8.99. The molecular formula is C39H49NO5Si. The molecule has 4 aromatic carbocycles. The summed E-state index contributed by atoms with van der Waals surface area (Å²) in [5, 5.41) is 5.16. The molecule has 0 bridgehead atoms. The van der Waals surface area contributed by atoms with Crippen LogP contribution in [0.2, 0.25) is 0 Å². The van der Waals surface area contributed by atoms with Crippen molar-refractivity contribution in [3.8, 4) is 0 Å². The summed E-state index contributed by atoms with van der Waals surface area (Å²) in [4.78, 5) is 13.0. The van der Waals surface area contributed by atoms with E-state index in [0.29, 0.717) is 19.6 Å². The zero-order valence-corrected chi connectivity index (χ0v) is 28.7. The van der Waals surface area contributed by atoms with Crippen LogP contribution < -0.4 is 15.7 Å². The minimum Gasteiger partial charge on any atom is -0.412 e. The Labute approximate surface area is 276 Å². The summed E-state index contributed by atoms with van der Waals surface area (Å²) in [6.45, 7) is 7.54. The Morgan fingerprint density at radius 1 is 0.717 bits per heavy atom. The first kappa shape index (κ1) is 35.1. The average molecular weight is 640 g/mol. The van der Waals surface area contributed by atoms with Crippen LogP contribution in [-0.2, 0) is 30.5 Å². The van der Waals surface area contributed by atoms with Gasteiger partial charge in [-0.25, -0.2) is 4.79 Å². The van der Waals surface area contributed by atoms with Crippen LogP contribution in [-0.4, -0.2) is 40.5 Å². The lowest BCUT2D eigenvalue weighted by Crippen LogP contribution is -2.66. The number of ether oxygens (including phenoxy) is 2. The van der Waals surface area contributed by atoms with Crippen molar-refractivity contribution in [2.75, 3.05) is 20.3 Å². The summed E-state index contributed by atoms with van der Waals surface area (Å²) in [7, 11) is -1.39. The summed E-state index contributed by atoms with van der Waals surface area (Å²) in [6, 6.07) is 40.3. The Kier molecular flexibility index (Phi) is 13.2. The Balaban J connectivity index is 1.30. The molecule has 0 radical (unpaired) electrons. The minimum absolute atomic E-state index is 0.333. The predicted octanol–water partition coefficient (Wildman–Crippen LogP) is 7.49. The molecule has 1 atom stereocenters. The number of carbonyl (C=O) groups excluding carboxylic acids is 1. The first-order chi connectivity index (χ1) is 22.3. The maximum absolute atomic E-state index is 13.0. The maximum atomic E-state index is 13.0. The van der Waals surface area contributed by atoms with Gasteiger partial charge in [0, 0.05) is 32.2 Å². The molecule has 1 unspecified atom stereocenters. The van der Waals surface area contributed by atoms with Gasteiger partial charge in [-0.1, -0.05) is 141 Å². The zero-order chi connectivity index (χ0) is 32.7. The quantitative estimate of drug-likeness (QED) is 0.0694. The number of methoxy groups -OCH3 is 1. The summed E-state index contributed by atoms with van der Waals surface area (Å²) >= 11 is 0. The largest absolute Gasteiger partial charge is 0.412 e. The molecule has 6 nitrogen and oxygen atoms in total. The van der Waals surface area contributed by atoms with Crippen LogP contribution in [0.3, 0.4) is 0 Å². The number of rotatable bonds is 18. The van der Waals surface area contributed by atoms with Crippen LogP contribution >= 0.6 is 0 Å². The van der Waals surface area contributed by atoms with Gasteiger partial charge >= 0.3 is 14.7 Å². The molecule has 0 saturated heterocycles. The lowest BCUT2D eigenvalue weighted by Gasteiger charge is -2.39.